The normalized spacial score (nSPS) is 13.4. The Labute approximate surface area is 171 Å². The molecule has 0 saturated carbocycles. The molecular weight excluding hydrogens is 388 g/mol. The van der Waals surface area contributed by atoms with E-state index in [-0.39, 0.29) is 17.7 Å². The van der Waals surface area contributed by atoms with Crippen LogP contribution in [-0.2, 0) is 11.2 Å². The van der Waals surface area contributed by atoms with Crippen molar-refractivity contribution in [3.05, 3.63) is 64.0 Å². The van der Waals surface area contributed by atoms with Gasteiger partial charge in [0.25, 0.3) is 11.6 Å². The van der Waals surface area contributed by atoms with Gasteiger partial charge in [0.15, 0.2) is 0 Å². The van der Waals surface area contributed by atoms with Crippen LogP contribution in [0.4, 0.5) is 11.4 Å². The number of aromatic nitrogens is 2. The molecule has 1 aliphatic heterocycles. The van der Waals surface area contributed by atoms with Crippen molar-refractivity contribution >= 4 is 34.2 Å². The minimum Gasteiger partial charge on any atom is -0.366 e. The summed E-state index contributed by atoms with van der Waals surface area (Å²) in [7, 11) is 0. The monoisotopic (exact) mass is 408 g/mol. The summed E-state index contributed by atoms with van der Waals surface area (Å²) in [6, 6.07) is 11.7. The molecule has 2 aromatic carbocycles. The summed E-state index contributed by atoms with van der Waals surface area (Å²) in [6.45, 7) is 1.51. The van der Waals surface area contributed by atoms with Gasteiger partial charge in [-0.05, 0) is 37.1 Å². The van der Waals surface area contributed by atoms with Gasteiger partial charge >= 0.3 is 0 Å². The van der Waals surface area contributed by atoms with Crippen LogP contribution in [0.3, 0.4) is 0 Å². The highest BCUT2D eigenvalue weighted by atomic mass is 16.6. The molecule has 10 heteroatoms. The van der Waals surface area contributed by atoms with Crippen LogP contribution in [0.5, 0.6) is 0 Å². The lowest BCUT2D eigenvalue weighted by molar-refractivity contribution is -0.384. The van der Waals surface area contributed by atoms with Crippen LogP contribution < -0.4 is 15.8 Å². The third kappa shape index (κ3) is 4.07. The number of hydrogen-bond donors (Lipinski definition) is 3. The van der Waals surface area contributed by atoms with Crippen molar-refractivity contribution in [2.24, 2.45) is 0 Å². The fraction of sp³-hybridized carbons (Fsp3) is 0.250. The van der Waals surface area contributed by atoms with Crippen LogP contribution >= 0.6 is 0 Å². The SMILES string of the molecule is O=C(Cc1nc2ccccc2[nH]1)NNC(=O)c1ccc(N2CCCC2)c([N+](=O)[O-])c1. The summed E-state index contributed by atoms with van der Waals surface area (Å²) in [4.78, 5) is 44.7. The number of hydrogen-bond acceptors (Lipinski definition) is 6. The van der Waals surface area contributed by atoms with E-state index < -0.39 is 16.7 Å². The Balaban J connectivity index is 1.40. The number of amides is 2. The molecule has 0 atom stereocenters. The molecule has 3 aromatic rings. The molecule has 2 heterocycles. The number of nitrogens with one attached hydrogen (secondary N) is 3. The highest BCUT2D eigenvalue weighted by Crippen LogP contribution is 2.31. The number of carbonyl (C=O) groups excluding carboxylic acids is 2. The quantitative estimate of drug-likeness (QED) is 0.437. The molecule has 0 aliphatic carbocycles. The molecule has 0 radical (unpaired) electrons. The molecule has 10 nitrogen and oxygen atoms in total. The molecular formula is C20H20N6O4. The van der Waals surface area contributed by atoms with Crippen molar-refractivity contribution in [3.63, 3.8) is 0 Å². The maximum atomic E-state index is 12.4. The zero-order chi connectivity index (χ0) is 21.1. The van der Waals surface area contributed by atoms with Crippen LogP contribution in [-0.4, -0.2) is 39.8 Å². The number of hydrazine groups is 1. The Morgan fingerprint density at radius 1 is 1.13 bits per heavy atom. The van der Waals surface area contributed by atoms with E-state index in [9.17, 15) is 19.7 Å². The Kier molecular flexibility index (Phi) is 5.29. The minimum absolute atomic E-state index is 0.0526. The summed E-state index contributed by atoms with van der Waals surface area (Å²) < 4.78 is 0. The Morgan fingerprint density at radius 2 is 1.90 bits per heavy atom. The van der Waals surface area contributed by atoms with E-state index in [0.717, 1.165) is 37.0 Å². The first kappa shape index (κ1) is 19.4. The Hall–Kier alpha value is -3.95. The van der Waals surface area contributed by atoms with Crippen molar-refractivity contribution in [2.45, 2.75) is 19.3 Å². The predicted molar refractivity (Wildman–Crippen MR) is 110 cm³/mol. The van der Waals surface area contributed by atoms with E-state index in [1.165, 1.54) is 12.1 Å². The number of imidazole rings is 1. The molecule has 1 saturated heterocycles. The standard InChI is InChI=1S/C20H20N6O4/c27-19(12-18-21-14-5-1-2-6-15(14)22-18)23-24-20(28)13-7-8-16(17(11-13)26(29)30)25-9-3-4-10-25/h1-2,5-8,11H,3-4,9-10,12H2,(H,21,22)(H,23,27)(H,24,28). The third-order valence-electron chi connectivity index (χ3n) is 4.96. The van der Waals surface area contributed by atoms with Crippen LogP contribution in [0, 0.1) is 10.1 Å². The van der Waals surface area contributed by atoms with Crippen LogP contribution in [0.25, 0.3) is 11.0 Å². The molecule has 0 spiro atoms. The molecule has 3 N–H and O–H groups in total. The van der Waals surface area contributed by atoms with Crippen LogP contribution in [0.2, 0.25) is 0 Å². The number of fused-ring (bicyclic) bond motifs is 1. The van der Waals surface area contributed by atoms with Crippen molar-refractivity contribution < 1.29 is 14.5 Å². The summed E-state index contributed by atoms with van der Waals surface area (Å²) in [6.07, 6.45) is 1.91. The van der Waals surface area contributed by atoms with Gasteiger partial charge in [-0.3, -0.25) is 30.6 Å². The average Bonchev–Trinajstić information content (AvgIpc) is 3.41. The zero-order valence-corrected chi connectivity index (χ0v) is 16.1. The Morgan fingerprint density at radius 3 is 2.63 bits per heavy atom. The van der Waals surface area contributed by atoms with Gasteiger partial charge in [-0.15, -0.1) is 0 Å². The van der Waals surface area contributed by atoms with Crippen molar-refractivity contribution in [2.75, 3.05) is 18.0 Å². The van der Waals surface area contributed by atoms with E-state index in [2.05, 4.69) is 20.8 Å². The van der Waals surface area contributed by atoms with Crippen molar-refractivity contribution in [1.29, 1.82) is 0 Å². The number of benzene rings is 2. The van der Waals surface area contributed by atoms with Gasteiger partial charge in [-0.2, -0.15) is 0 Å². The number of nitrogens with zero attached hydrogens (tertiary/aromatic N) is 3. The Bertz CT molecular complexity index is 1090. The average molecular weight is 408 g/mol. The molecule has 30 heavy (non-hydrogen) atoms. The molecule has 154 valence electrons. The lowest BCUT2D eigenvalue weighted by atomic mass is 10.1. The van der Waals surface area contributed by atoms with Crippen LogP contribution in [0.1, 0.15) is 29.0 Å². The first-order valence-corrected chi connectivity index (χ1v) is 9.57. The molecule has 1 aliphatic rings. The summed E-state index contributed by atoms with van der Waals surface area (Å²) in [5.74, 6) is -0.636. The molecule has 0 unspecified atom stereocenters. The summed E-state index contributed by atoms with van der Waals surface area (Å²) >= 11 is 0. The lowest BCUT2D eigenvalue weighted by Gasteiger charge is -2.17. The second-order valence-corrected chi connectivity index (χ2v) is 7.03. The topological polar surface area (TPSA) is 133 Å². The number of aromatic amines is 1. The maximum absolute atomic E-state index is 12.4. The predicted octanol–water partition coefficient (Wildman–Crippen LogP) is 2.08. The first-order valence-electron chi connectivity index (χ1n) is 9.57. The molecule has 2 amide bonds. The smallest absolute Gasteiger partial charge is 0.293 e. The number of nitro groups is 1. The fourth-order valence-corrected chi connectivity index (χ4v) is 3.52. The van der Waals surface area contributed by atoms with E-state index in [4.69, 9.17) is 0 Å². The molecule has 1 aromatic heterocycles. The van der Waals surface area contributed by atoms with Gasteiger partial charge in [-0.1, -0.05) is 12.1 Å². The number of rotatable bonds is 5. The van der Waals surface area contributed by atoms with E-state index in [1.807, 2.05) is 29.2 Å². The van der Waals surface area contributed by atoms with Gasteiger partial charge < -0.3 is 9.88 Å². The van der Waals surface area contributed by atoms with Gasteiger partial charge in [0.05, 0.1) is 22.4 Å². The van der Waals surface area contributed by atoms with Crippen molar-refractivity contribution in [3.8, 4) is 0 Å². The second kappa shape index (κ2) is 8.19. The zero-order valence-electron chi connectivity index (χ0n) is 16.1. The number of H-pyrrole nitrogens is 1. The third-order valence-corrected chi connectivity index (χ3v) is 4.96. The van der Waals surface area contributed by atoms with Gasteiger partial charge in [0.2, 0.25) is 5.91 Å². The van der Waals surface area contributed by atoms with E-state index >= 15 is 0 Å². The van der Waals surface area contributed by atoms with Gasteiger partial charge in [0.1, 0.15) is 11.5 Å². The summed E-state index contributed by atoms with van der Waals surface area (Å²) in [5.41, 5.74) is 6.63. The van der Waals surface area contributed by atoms with E-state index in [0.29, 0.717) is 11.5 Å². The fourth-order valence-electron chi connectivity index (χ4n) is 3.52. The van der Waals surface area contributed by atoms with E-state index in [1.54, 1.807) is 6.07 Å². The highest BCUT2D eigenvalue weighted by molar-refractivity contribution is 5.97. The molecule has 4 rings (SSSR count). The minimum atomic E-state index is -0.635. The van der Waals surface area contributed by atoms with Gasteiger partial charge in [-0.25, -0.2) is 4.98 Å². The molecule has 0 bridgehead atoms. The van der Waals surface area contributed by atoms with Crippen molar-refractivity contribution in [1.82, 2.24) is 20.8 Å². The lowest BCUT2D eigenvalue weighted by Crippen LogP contribution is -2.42. The largest absolute Gasteiger partial charge is 0.366 e. The van der Waals surface area contributed by atoms with Gasteiger partial charge in [0, 0.05) is 24.7 Å². The van der Waals surface area contributed by atoms with Crippen LogP contribution in [0.15, 0.2) is 42.5 Å². The number of anilines is 1. The molecule has 1 fully saturated rings. The number of para-hydroxylation sites is 2. The summed E-state index contributed by atoms with van der Waals surface area (Å²) in [5, 5.41) is 11.5. The highest BCUT2D eigenvalue weighted by Gasteiger charge is 2.24. The number of nitro benzene ring substituents is 1. The first-order chi connectivity index (χ1) is 14.5. The maximum Gasteiger partial charge on any atom is 0.293 e. The second-order valence-electron chi connectivity index (χ2n) is 7.03. The number of carbonyl (C=O) groups is 2.